The SMILES string of the molecule is COC(=O)/C=C/N(/N=C/c1ccc(Cl)cc1)S(=O)(=O)c1ccccc1. The van der Waals surface area contributed by atoms with Gasteiger partial charge in [-0.1, -0.05) is 41.9 Å². The van der Waals surface area contributed by atoms with Crippen LogP contribution in [0.5, 0.6) is 0 Å². The lowest BCUT2D eigenvalue weighted by molar-refractivity contribution is -0.134. The van der Waals surface area contributed by atoms with Crippen LogP contribution in [0.4, 0.5) is 0 Å². The first-order valence-electron chi connectivity index (χ1n) is 7.08. The lowest BCUT2D eigenvalue weighted by atomic mass is 10.2. The van der Waals surface area contributed by atoms with E-state index in [0.29, 0.717) is 15.0 Å². The molecule has 0 aliphatic heterocycles. The van der Waals surface area contributed by atoms with Crippen LogP contribution in [0.25, 0.3) is 0 Å². The fourth-order valence-corrected chi connectivity index (χ4v) is 2.98. The number of hydrogen-bond donors (Lipinski definition) is 0. The molecule has 0 bridgehead atoms. The van der Waals surface area contributed by atoms with Crippen LogP contribution >= 0.6 is 11.6 Å². The number of hydrogen-bond acceptors (Lipinski definition) is 5. The van der Waals surface area contributed by atoms with Crippen molar-refractivity contribution in [3.8, 4) is 0 Å². The molecule has 0 atom stereocenters. The number of sulfonamides is 1. The van der Waals surface area contributed by atoms with Crippen molar-refractivity contribution in [3.63, 3.8) is 0 Å². The summed E-state index contributed by atoms with van der Waals surface area (Å²) in [6, 6.07) is 14.4. The van der Waals surface area contributed by atoms with E-state index in [1.165, 1.54) is 25.5 Å². The van der Waals surface area contributed by atoms with Crippen molar-refractivity contribution in [2.45, 2.75) is 4.90 Å². The number of benzene rings is 2. The molecule has 0 saturated heterocycles. The molecule has 2 aromatic rings. The topological polar surface area (TPSA) is 76.0 Å². The van der Waals surface area contributed by atoms with Gasteiger partial charge in [-0.25, -0.2) is 4.79 Å². The first kappa shape index (κ1) is 18.7. The van der Waals surface area contributed by atoms with E-state index in [2.05, 4.69) is 9.84 Å². The highest BCUT2D eigenvalue weighted by Crippen LogP contribution is 2.16. The van der Waals surface area contributed by atoms with Crippen molar-refractivity contribution in [1.82, 2.24) is 4.41 Å². The van der Waals surface area contributed by atoms with Gasteiger partial charge in [-0.3, -0.25) is 0 Å². The second-order valence-electron chi connectivity index (χ2n) is 4.73. The summed E-state index contributed by atoms with van der Waals surface area (Å²) in [7, 11) is -2.77. The molecule has 0 aromatic heterocycles. The molecule has 0 aliphatic rings. The Bertz CT molecular complexity index is 879. The fourth-order valence-electron chi connectivity index (χ4n) is 1.75. The van der Waals surface area contributed by atoms with Gasteiger partial charge >= 0.3 is 5.97 Å². The van der Waals surface area contributed by atoms with Crippen LogP contribution in [0.15, 0.2) is 76.9 Å². The lowest BCUT2D eigenvalue weighted by Gasteiger charge is -2.14. The molecule has 0 unspecified atom stereocenters. The van der Waals surface area contributed by atoms with Crippen molar-refractivity contribution in [3.05, 3.63) is 77.5 Å². The number of nitrogens with zero attached hydrogens (tertiary/aromatic N) is 2. The number of hydrazone groups is 1. The quantitative estimate of drug-likeness (QED) is 0.335. The minimum Gasteiger partial charge on any atom is -0.466 e. The average Bonchev–Trinajstić information content (AvgIpc) is 2.63. The van der Waals surface area contributed by atoms with Gasteiger partial charge in [0.1, 0.15) is 0 Å². The van der Waals surface area contributed by atoms with Gasteiger partial charge in [-0.2, -0.15) is 17.9 Å². The standard InChI is InChI=1S/C17H15ClN2O4S/c1-24-17(21)11-12-20(19-13-14-7-9-15(18)10-8-14)25(22,23)16-5-3-2-4-6-16/h2-13H,1H3/b12-11+,19-13+. The van der Waals surface area contributed by atoms with Gasteiger partial charge in [-0.15, -0.1) is 0 Å². The van der Waals surface area contributed by atoms with Crippen molar-refractivity contribution in [1.29, 1.82) is 0 Å². The number of carbonyl (C=O) groups is 1. The molecule has 0 heterocycles. The average molecular weight is 379 g/mol. The molecule has 0 spiro atoms. The second kappa shape index (κ2) is 8.46. The molecule has 0 radical (unpaired) electrons. The largest absolute Gasteiger partial charge is 0.466 e. The third-order valence-electron chi connectivity index (χ3n) is 3.02. The second-order valence-corrected chi connectivity index (χ2v) is 6.96. The van der Waals surface area contributed by atoms with E-state index in [9.17, 15) is 13.2 Å². The smallest absolute Gasteiger partial charge is 0.332 e. The van der Waals surface area contributed by atoms with E-state index in [4.69, 9.17) is 11.6 Å². The van der Waals surface area contributed by atoms with Crippen molar-refractivity contribution in [2.24, 2.45) is 5.10 Å². The first-order valence-corrected chi connectivity index (χ1v) is 8.90. The molecule has 130 valence electrons. The Kier molecular flexibility index (Phi) is 6.32. The highest BCUT2D eigenvalue weighted by atomic mass is 35.5. The summed E-state index contributed by atoms with van der Waals surface area (Å²) in [5, 5.41) is 4.51. The van der Waals surface area contributed by atoms with E-state index in [-0.39, 0.29) is 4.90 Å². The molecule has 0 saturated carbocycles. The molecule has 2 aromatic carbocycles. The molecule has 0 aliphatic carbocycles. The van der Waals surface area contributed by atoms with Crippen LogP contribution in [0.3, 0.4) is 0 Å². The van der Waals surface area contributed by atoms with Crippen molar-refractivity contribution in [2.75, 3.05) is 7.11 Å². The third-order valence-corrected chi connectivity index (χ3v) is 4.85. The number of rotatable bonds is 6. The number of esters is 1. The monoisotopic (exact) mass is 378 g/mol. The fraction of sp³-hybridized carbons (Fsp3) is 0.0588. The van der Waals surface area contributed by atoms with Crippen molar-refractivity contribution < 1.29 is 17.9 Å². The molecule has 0 fully saturated rings. The summed E-state index contributed by atoms with van der Waals surface area (Å²) in [4.78, 5) is 11.3. The number of carbonyl (C=O) groups excluding carboxylic acids is 1. The van der Waals surface area contributed by atoms with Crippen LogP contribution in [-0.2, 0) is 19.6 Å². The molecule has 6 nitrogen and oxygen atoms in total. The predicted octanol–water partition coefficient (Wildman–Crippen LogP) is 3.05. The van der Waals surface area contributed by atoms with Gasteiger partial charge in [0.25, 0.3) is 10.0 Å². The molecule has 25 heavy (non-hydrogen) atoms. The minimum absolute atomic E-state index is 0.0396. The van der Waals surface area contributed by atoms with Gasteiger partial charge in [0.05, 0.1) is 18.2 Å². The van der Waals surface area contributed by atoms with E-state index < -0.39 is 16.0 Å². The normalized spacial score (nSPS) is 11.8. The molecular formula is C17H15ClN2O4S. The van der Waals surface area contributed by atoms with E-state index >= 15 is 0 Å². The van der Waals surface area contributed by atoms with Gasteiger partial charge in [0.2, 0.25) is 0 Å². The van der Waals surface area contributed by atoms with Crippen LogP contribution in [0.1, 0.15) is 5.56 Å². The Hall–Kier alpha value is -2.64. The Morgan fingerprint density at radius 1 is 1.12 bits per heavy atom. The van der Waals surface area contributed by atoms with E-state index in [0.717, 1.165) is 12.3 Å². The highest BCUT2D eigenvalue weighted by Gasteiger charge is 2.21. The van der Waals surface area contributed by atoms with Crippen LogP contribution < -0.4 is 0 Å². The Balaban J connectivity index is 2.37. The molecule has 2 rings (SSSR count). The van der Waals surface area contributed by atoms with Gasteiger partial charge < -0.3 is 4.74 Å². The molecular weight excluding hydrogens is 364 g/mol. The molecule has 8 heteroatoms. The highest BCUT2D eigenvalue weighted by molar-refractivity contribution is 7.89. The zero-order valence-corrected chi connectivity index (χ0v) is 14.8. The zero-order chi connectivity index (χ0) is 18.3. The molecule has 0 N–H and O–H groups in total. The number of methoxy groups -OCH3 is 1. The maximum absolute atomic E-state index is 12.7. The third kappa shape index (κ3) is 5.17. The van der Waals surface area contributed by atoms with Gasteiger partial charge in [0.15, 0.2) is 0 Å². The predicted molar refractivity (Wildman–Crippen MR) is 95.7 cm³/mol. The van der Waals surface area contributed by atoms with Gasteiger partial charge in [-0.05, 0) is 29.8 Å². The van der Waals surface area contributed by atoms with Crippen LogP contribution in [0, 0.1) is 0 Å². The number of halogens is 1. The van der Waals surface area contributed by atoms with Crippen LogP contribution in [-0.4, -0.2) is 32.1 Å². The summed E-state index contributed by atoms with van der Waals surface area (Å²) >= 11 is 5.81. The maximum atomic E-state index is 12.7. The van der Waals surface area contributed by atoms with Gasteiger partial charge in [0, 0.05) is 17.3 Å². The van der Waals surface area contributed by atoms with E-state index in [1.54, 1.807) is 42.5 Å². The van der Waals surface area contributed by atoms with Crippen molar-refractivity contribution >= 4 is 33.8 Å². The molecule has 0 amide bonds. The Morgan fingerprint density at radius 3 is 2.36 bits per heavy atom. The lowest BCUT2D eigenvalue weighted by Crippen LogP contribution is -2.21. The number of ether oxygens (including phenoxy) is 1. The van der Waals surface area contributed by atoms with Crippen LogP contribution in [0.2, 0.25) is 5.02 Å². The zero-order valence-electron chi connectivity index (χ0n) is 13.2. The Labute approximate surface area is 151 Å². The summed E-state index contributed by atoms with van der Waals surface area (Å²) in [5.41, 5.74) is 0.643. The van der Waals surface area contributed by atoms with E-state index in [1.807, 2.05) is 0 Å². The minimum atomic E-state index is -3.97. The summed E-state index contributed by atoms with van der Waals surface area (Å²) in [6.07, 6.45) is 3.35. The maximum Gasteiger partial charge on any atom is 0.332 e. The Morgan fingerprint density at radius 2 is 1.76 bits per heavy atom. The summed E-state index contributed by atoms with van der Waals surface area (Å²) < 4.78 is 30.6. The summed E-state index contributed by atoms with van der Waals surface area (Å²) in [6.45, 7) is 0. The summed E-state index contributed by atoms with van der Waals surface area (Å²) in [5.74, 6) is -0.699. The first-order chi connectivity index (χ1) is 11.9.